The normalized spacial score (nSPS) is 58.6. The van der Waals surface area contributed by atoms with Crippen molar-refractivity contribution >= 4 is 0 Å². The van der Waals surface area contributed by atoms with Crippen LogP contribution in [0.5, 0.6) is 0 Å². The molecule has 1 aliphatic heterocycles. The molecule has 1 saturated heterocycles. The second-order valence-corrected chi connectivity index (χ2v) is 8.82. The first kappa shape index (κ1) is 15.3. The van der Waals surface area contributed by atoms with Gasteiger partial charge >= 0.3 is 0 Å². The molecule has 5 heteroatoms. The third kappa shape index (κ3) is 1.19. The number of hydrogen-bond acceptors (Lipinski definition) is 5. The first-order valence-corrected chi connectivity index (χ1v) is 8.56. The Morgan fingerprint density at radius 1 is 1.09 bits per heavy atom. The third-order valence-corrected chi connectivity index (χ3v) is 8.47. The number of aliphatic hydroxyl groups is 2. The van der Waals surface area contributed by atoms with E-state index < -0.39 is 5.60 Å². The van der Waals surface area contributed by atoms with E-state index in [1.165, 1.54) is 0 Å². The molecule has 0 aromatic heterocycles. The third-order valence-electron chi connectivity index (χ3n) is 8.47. The van der Waals surface area contributed by atoms with Crippen LogP contribution in [0.2, 0.25) is 0 Å². The van der Waals surface area contributed by atoms with Crippen LogP contribution in [0.4, 0.5) is 0 Å². The quantitative estimate of drug-likeness (QED) is 0.764. The lowest BCUT2D eigenvalue weighted by Gasteiger charge is -2.56. The van der Waals surface area contributed by atoms with E-state index in [4.69, 9.17) is 14.8 Å². The minimum atomic E-state index is -0.498. The zero-order chi connectivity index (χ0) is 16.0. The summed E-state index contributed by atoms with van der Waals surface area (Å²) in [4.78, 5) is 11.5. The molecule has 4 rings (SSSR count). The highest BCUT2D eigenvalue weighted by atomic mass is 17.5. The van der Waals surface area contributed by atoms with Crippen LogP contribution in [0, 0.1) is 34.0 Å². The molecule has 4 fully saturated rings. The summed E-state index contributed by atoms with van der Waals surface area (Å²) in [6.45, 7) is 9.13. The maximum absolute atomic E-state index is 10.2. The minimum absolute atomic E-state index is 0.00401. The average Bonchev–Trinajstić information content (AvgIpc) is 2.98. The Bertz CT molecular complexity index is 493. The van der Waals surface area contributed by atoms with Crippen molar-refractivity contribution in [1.29, 1.82) is 0 Å². The molecule has 2 spiro atoms. The standard InChI is InChI=1S/C17H28O5/c1-10-5-6-16-12(9-19)11(8-18)15(4,14(16,2)3)13-17(16,7-10)21-22-20-13/h10-13,18-19H,5-9H2,1-4H3/t10-,11+,12-,13?,15+,16-,17-/m1/s1. The monoisotopic (exact) mass is 312 g/mol. The Hall–Kier alpha value is -0.200. The Morgan fingerprint density at radius 2 is 1.77 bits per heavy atom. The van der Waals surface area contributed by atoms with Gasteiger partial charge in [0.05, 0.1) is 0 Å². The van der Waals surface area contributed by atoms with Crippen LogP contribution < -0.4 is 0 Å². The molecule has 0 aromatic rings. The Labute approximate surface area is 131 Å². The van der Waals surface area contributed by atoms with E-state index >= 15 is 0 Å². The summed E-state index contributed by atoms with van der Waals surface area (Å²) >= 11 is 0. The molecule has 2 N–H and O–H groups in total. The van der Waals surface area contributed by atoms with Gasteiger partial charge in [-0.3, -0.25) is 0 Å². The van der Waals surface area contributed by atoms with Gasteiger partial charge in [0.2, 0.25) is 0 Å². The van der Waals surface area contributed by atoms with E-state index in [0.29, 0.717) is 5.92 Å². The molecule has 1 unspecified atom stereocenters. The van der Waals surface area contributed by atoms with Crippen molar-refractivity contribution in [2.24, 2.45) is 34.0 Å². The average molecular weight is 312 g/mol. The van der Waals surface area contributed by atoms with Gasteiger partial charge < -0.3 is 10.2 Å². The second-order valence-electron chi connectivity index (χ2n) is 8.82. The van der Waals surface area contributed by atoms with E-state index in [1.54, 1.807) is 0 Å². The van der Waals surface area contributed by atoms with Crippen LogP contribution in [0.25, 0.3) is 0 Å². The summed E-state index contributed by atoms with van der Waals surface area (Å²) in [6.07, 6.45) is 2.82. The predicted octanol–water partition coefficient (Wildman–Crippen LogP) is 2.07. The van der Waals surface area contributed by atoms with E-state index in [0.717, 1.165) is 19.3 Å². The van der Waals surface area contributed by atoms with Gasteiger partial charge in [0.1, 0.15) is 11.7 Å². The van der Waals surface area contributed by atoms with Gasteiger partial charge in [-0.1, -0.05) is 32.7 Å². The molecule has 3 aliphatic carbocycles. The van der Waals surface area contributed by atoms with E-state index in [-0.39, 0.29) is 47.4 Å². The summed E-state index contributed by atoms with van der Waals surface area (Å²) < 4.78 is 0. The lowest BCUT2D eigenvalue weighted by atomic mass is 9.50. The summed E-state index contributed by atoms with van der Waals surface area (Å²) in [5, 5.41) is 25.4. The first-order valence-electron chi connectivity index (χ1n) is 8.56. The molecular weight excluding hydrogens is 284 g/mol. The van der Waals surface area contributed by atoms with E-state index in [2.05, 4.69) is 27.7 Å². The fourth-order valence-corrected chi connectivity index (χ4v) is 7.39. The van der Waals surface area contributed by atoms with Crippen molar-refractivity contribution in [3.8, 4) is 0 Å². The molecule has 5 nitrogen and oxygen atoms in total. The van der Waals surface area contributed by atoms with Crippen LogP contribution in [0.3, 0.4) is 0 Å². The predicted molar refractivity (Wildman–Crippen MR) is 78.3 cm³/mol. The molecule has 126 valence electrons. The zero-order valence-electron chi connectivity index (χ0n) is 14.0. The van der Waals surface area contributed by atoms with Gasteiger partial charge in [-0.2, -0.15) is 9.78 Å². The topological polar surface area (TPSA) is 68.2 Å². The van der Waals surface area contributed by atoms with Gasteiger partial charge in [0, 0.05) is 24.0 Å². The number of rotatable bonds is 2. The summed E-state index contributed by atoms with van der Waals surface area (Å²) in [6, 6.07) is 0. The highest BCUT2D eigenvalue weighted by Gasteiger charge is 2.89. The van der Waals surface area contributed by atoms with Gasteiger partial charge in [0.25, 0.3) is 0 Å². The van der Waals surface area contributed by atoms with Crippen LogP contribution in [-0.4, -0.2) is 35.1 Å². The SMILES string of the molecule is C[C@@H]1CC[C@]23[C@H](CO)[C@H](CO)[C@@](C)(C4OOO[C@]42C1)C3(C)C. The fraction of sp³-hybridized carbons (Fsp3) is 1.00. The first-order chi connectivity index (χ1) is 10.3. The molecule has 2 bridgehead atoms. The van der Waals surface area contributed by atoms with Crippen LogP contribution >= 0.6 is 0 Å². The van der Waals surface area contributed by atoms with Crippen molar-refractivity contribution in [2.75, 3.05) is 13.2 Å². The molecule has 4 aliphatic rings. The Kier molecular flexibility index (Phi) is 2.96. The molecule has 3 saturated carbocycles. The second kappa shape index (κ2) is 4.25. The number of aliphatic hydroxyl groups excluding tert-OH is 2. The largest absolute Gasteiger partial charge is 0.396 e. The molecule has 0 aromatic carbocycles. The lowest BCUT2D eigenvalue weighted by molar-refractivity contribution is -0.491. The minimum Gasteiger partial charge on any atom is -0.396 e. The van der Waals surface area contributed by atoms with Crippen molar-refractivity contribution < 1.29 is 25.0 Å². The van der Waals surface area contributed by atoms with Gasteiger partial charge in [-0.15, -0.1) is 0 Å². The highest BCUT2D eigenvalue weighted by molar-refractivity contribution is 5.35. The fourth-order valence-electron chi connectivity index (χ4n) is 7.39. The summed E-state index contributed by atoms with van der Waals surface area (Å²) in [5.41, 5.74) is -1.10. The van der Waals surface area contributed by atoms with Crippen molar-refractivity contribution in [1.82, 2.24) is 0 Å². The van der Waals surface area contributed by atoms with Gasteiger partial charge in [-0.25, -0.2) is 0 Å². The number of hydrogen-bond donors (Lipinski definition) is 2. The van der Waals surface area contributed by atoms with Gasteiger partial charge in [0.15, 0.2) is 0 Å². The van der Waals surface area contributed by atoms with Crippen LogP contribution in [0.1, 0.15) is 47.0 Å². The van der Waals surface area contributed by atoms with Crippen molar-refractivity contribution in [3.05, 3.63) is 0 Å². The van der Waals surface area contributed by atoms with Crippen LogP contribution in [0.15, 0.2) is 0 Å². The zero-order valence-corrected chi connectivity index (χ0v) is 14.0. The van der Waals surface area contributed by atoms with Crippen molar-refractivity contribution in [2.45, 2.75) is 58.7 Å². The van der Waals surface area contributed by atoms with Crippen LogP contribution in [-0.2, 0) is 14.8 Å². The maximum Gasteiger partial charge on any atom is 0.143 e. The Morgan fingerprint density at radius 3 is 2.41 bits per heavy atom. The number of fused-ring (bicyclic) bond motifs is 2. The molecule has 7 atom stereocenters. The van der Waals surface area contributed by atoms with E-state index in [1.807, 2.05) is 0 Å². The molecule has 0 amide bonds. The van der Waals surface area contributed by atoms with Crippen molar-refractivity contribution in [3.63, 3.8) is 0 Å². The molecule has 22 heavy (non-hydrogen) atoms. The maximum atomic E-state index is 10.2. The molecular formula is C17H28O5. The smallest absolute Gasteiger partial charge is 0.143 e. The van der Waals surface area contributed by atoms with Gasteiger partial charge in [-0.05, 0) is 42.4 Å². The summed E-state index contributed by atoms with van der Waals surface area (Å²) in [7, 11) is 0. The lowest BCUT2D eigenvalue weighted by Crippen LogP contribution is -2.63. The Balaban J connectivity index is 1.98. The van der Waals surface area contributed by atoms with E-state index in [9.17, 15) is 10.2 Å². The molecule has 1 heterocycles. The highest BCUT2D eigenvalue weighted by Crippen LogP contribution is 2.84. The summed E-state index contributed by atoms with van der Waals surface area (Å²) in [5.74, 6) is 0.569. The molecule has 0 radical (unpaired) electrons.